The lowest BCUT2D eigenvalue weighted by atomic mass is 9.96. The second kappa shape index (κ2) is 6.95. The van der Waals surface area contributed by atoms with E-state index in [0.29, 0.717) is 43.3 Å². The molecule has 2 aliphatic rings. The molecular weight excluding hydrogens is 324 g/mol. The summed E-state index contributed by atoms with van der Waals surface area (Å²) in [4.78, 5) is 45.1. The van der Waals surface area contributed by atoms with Crippen LogP contribution < -0.4 is 5.56 Å². The number of piperidine rings is 1. The average Bonchev–Trinajstić information content (AvgIpc) is 3.03. The Labute approximate surface area is 146 Å². The van der Waals surface area contributed by atoms with E-state index in [0.717, 1.165) is 12.8 Å². The standard InChI is InChI=1S/C17H24N4O4/c1-11-18-14-9-21(8-13(14)17(24)19(11)2)16(23)12-5-4-6-20(7-12)15(22)10-25-3/h12H,4-10H2,1-3H3/t12-/m1/s1. The van der Waals surface area contributed by atoms with E-state index >= 15 is 0 Å². The number of amides is 2. The van der Waals surface area contributed by atoms with Crippen molar-refractivity contribution < 1.29 is 14.3 Å². The largest absolute Gasteiger partial charge is 0.375 e. The molecule has 0 radical (unpaired) electrons. The SMILES string of the molecule is COCC(=O)N1CCC[C@@H](C(=O)N2Cc3nc(C)n(C)c(=O)c3C2)C1. The van der Waals surface area contributed by atoms with Gasteiger partial charge < -0.3 is 14.5 Å². The molecule has 1 atom stereocenters. The summed E-state index contributed by atoms with van der Waals surface area (Å²) in [5.74, 6) is 0.323. The summed E-state index contributed by atoms with van der Waals surface area (Å²) < 4.78 is 6.41. The van der Waals surface area contributed by atoms with Crippen LogP contribution in [0.3, 0.4) is 0 Å². The zero-order valence-electron chi connectivity index (χ0n) is 14.9. The fourth-order valence-electron chi connectivity index (χ4n) is 3.56. The number of aryl methyl sites for hydroxylation is 1. The fraction of sp³-hybridized carbons (Fsp3) is 0.647. The maximum Gasteiger partial charge on any atom is 0.258 e. The van der Waals surface area contributed by atoms with Crippen LogP contribution in [0.5, 0.6) is 0 Å². The lowest BCUT2D eigenvalue weighted by molar-refractivity contribution is -0.143. The molecule has 0 aromatic carbocycles. The highest BCUT2D eigenvalue weighted by atomic mass is 16.5. The highest BCUT2D eigenvalue weighted by Crippen LogP contribution is 2.24. The first-order chi connectivity index (χ1) is 11.9. The molecule has 0 N–H and O–H groups in total. The molecule has 1 aromatic heterocycles. The summed E-state index contributed by atoms with van der Waals surface area (Å²) >= 11 is 0. The van der Waals surface area contributed by atoms with E-state index in [4.69, 9.17) is 4.74 Å². The summed E-state index contributed by atoms with van der Waals surface area (Å²) in [6.07, 6.45) is 1.55. The Bertz CT molecular complexity index is 758. The Morgan fingerprint density at radius 1 is 1.28 bits per heavy atom. The average molecular weight is 348 g/mol. The molecule has 3 rings (SSSR count). The number of rotatable bonds is 3. The third-order valence-electron chi connectivity index (χ3n) is 5.09. The number of likely N-dealkylation sites (tertiary alicyclic amines) is 1. The van der Waals surface area contributed by atoms with Gasteiger partial charge in [0.2, 0.25) is 11.8 Å². The minimum absolute atomic E-state index is 0.00683. The summed E-state index contributed by atoms with van der Waals surface area (Å²) in [7, 11) is 3.18. The van der Waals surface area contributed by atoms with E-state index in [1.54, 1.807) is 23.8 Å². The molecule has 3 heterocycles. The maximum absolute atomic E-state index is 12.9. The summed E-state index contributed by atoms with van der Waals surface area (Å²) in [6.45, 7) is 3.57. The van der Waals surface area contributed by atoms with Crippen molar-refractivity contribution in [1.29, 1.82) is 0 Å². The van der Waals surface area contributed by atoms with Crippen molar-refractivity contribution in [3.05, 3.63) is 27.4 Å². The molecule has 1 aromatic rings. The molecule has 0 aliphatic carbocycles. The Balaban J connectivity index is 1.71. The Hall–Kier alpha value is -2.22. The molecule has 8 nitrogen and oxygen atoms in total. The number of carbonyl (C=O) groups is 2. The summed E-state index contributed by atoms with van der Waals surface area (Å²) in [6, 6.07) is 0. The molecule has 8 heteroatoms. The zero-order valence-corrected chi connectivity index (χ0v) is 14.9. The van der Waals surface area contributed by atoms with E-state index in [-0.39, 0.29) is 29.9 Å². The first kappa shape index (κ1) is 17.6. The first-order valence-corrected chi connectivity index (χ1v) is 8.53. The fourth-order valence-corrected chi connectivity index (χ4v) is 3.56. The van der Waals surface area contributed by atoms with Gasteiger partial charge in [-0.3, -0.25) is 19.0 Å². The summed E-state index contributed by atoms with van der Waals surface area (Å²) in [5, 5.41) is 0. The minimum atomic E-state index is -0.228. The van der Waals surface area contributed by atoms with Crippen LogP contribution in [0.25, 0.3) is 0 Å². The van der Waals surface area contributed by atoms with Crippen LogP contribution in [0, 0.1) is 12.8 Å². The van der Waals surface area contributed by atoms with Crippen molar-refractivity contribution >= 4 is 11.8 Å². The van der Waals surface area contributed by atoms with Gasteiger partial charge in [-0.15, -0.1) is 0 Å². The molecule has 0 unspecified atom stereocenters. The van der Waals surface area contributed by atoms with Crippen LogP contribution in [-0.4, -0.2) is 58.0 Å². The quantitative estimate of drug-likeness (QED) is 0.756. The van der Waals surface area contributed by atoms with Gasteiger partial charge in [-0.05, 0) is 19.8 Å². The van der Waals surface area contributed by atoms with Gasteiger partial charge in [0.05, 0.1) is 30.3 Å². The number of carbonyl (C=O) groups excluding carboxylic acids is 2. The van der Waals surface area contributed by atoms with Crippen molar-refractivity contribution in [3.8, 4) is 0 Å². The normalized spacial score (nSPS) is 19.9. The molecule has 0 spiro atoms. The second-order valence-corrected chi connectivity index (χ2v) is 6.75. The van der Waals surface area contributed by atoms with Gasteiger partial charge in [0.1, 0.15) is 12.4 Å². The Morgan fingerprint density at radius 3 is 2.76 bits per heavy atom. The number of hydrogen-bond donors (Lipinski definition) is 0. The van der Waals surface area contributed by atoms with E-state index in [1.807, 2.05) is 0 Å². The van der Waals surface area contributed by atoms with Crippen molar-refractivity contribution in [1.82, 2.24) is 19.4 Å². The third kappa shape index (κ3) is 3.30. The minimum Gasteiger partial charge on any atom is -0.375 e. The van der Waals surface area contributed by atoms with E-state index in [1.165, 1.54) is 11.7 Å². The predicted molar refractivity (Wildman–Crippen MR) is 89.6 cm³/mol. The van der Waals surface area contributed by atoms with E-state index in [9.17, 15) is 14.4 Å². The highest BCUT2D eigenvalue weighted by molar-refractivity contribution is 5.82. The van der Waals surface area contributed by atoms with Gasteiger partial charge in [-0.2, -0.15) is 0 Å². The monoisotopic (exact) mass is 348 g/mol. The molecular formula is C17H24N4O4. The lowest BCUT2D eigenvalue weighted by Gasteiger charge is -2.33. The molecule has 0 bridgehead atoms. The summed E-state index contributed by atoms with van der Waals surface area (Å²) in [5.41, 5.74) is 1.21. The van der Waals surface area contributed by atoms with Gasteiger partial charge >= 0.3 is 0 Å². The lowest BCUT2D eigenvalue weighted by Crippen LogP contribution is -2.46. The van der Waals surface area contributed by atoms with Gasteiger partial charge in [0, 0.05) is 27.2 Å². The Morgan fingerprint density at radius 2 is 2.04 bits per heavy atom. The Kier molecular flexibility index (Phi) is 4.89. The van der Waals surface area contributed by atoms with Gasteiger partial charge in [-0.1, -0.05) is 0 Å². The van der Waals surface area contributed by atoms with Crippen LogP contribution in [0.4, 0.5) is 0 Å². The van der Waals surface area contributed by atoms with Crippen molar-refractivity contribution in [2.75, 3.05) is 26.8 Å². The highest BCUT2D eigenvalue weighted by Gasteiger charge is 2.35. The number of fused-ring (bicyclic) bond motifs is 1. The molecule has 136 valence electrons. The number of nitrogens with zero attached hydrogens (tertiary/aromatic N) is 4. The van der Waals surface area contributed by atoms with Crippen molar-refractivity contribution in [3.63, 3.8) is 0 Å². The number of ether oxygens (including phenoxy) is 1. The van der Waals surface area contributed by atoms with Gasteiger partial charge in [0.15, 0.2) is 0 Å². The van der Waals surface area contributed by atoms with Crippen LogP contribution in [0.2, 0.25) is 0 Å². The molecule has 25 heavy (non-hydrogen) atoms. The topological polar surface area (TPSA) is 84.7 Å². The van der Waals surface area contributed by atoms with Crippen LogP contribution in [0.15, 0.2) is 4.79 Å². The second-order valence-electron chi connectivity index (χ2n) is 6.75. The number of methoxy groups -OCH3 is 1. The smallest absolute Gasteiger partial charge is 0.258 e. The van der Waals surface area contributed by atoms with Crippen molar-refractivity contribution in [2.24, 2.45) is 13.0 Å². The van der Waals surface area contributed by atoms with Crippen LogP contribution >= 0.6 is 0 Å². The maximum atomic E-state index is 12.9. The molecule has 2 aliphatic heterocycles. The molecule has 0 saturated carbocycles. The zero-order chi connectivity index (χ0) is 18.1. The van der Waals surface area contributed by atoms with Gasteiger partial charge in [-0.25, -0.2) is 4.98 Å². The van der Waals surface area contributed by atoms with E-state index < -0.39 is 0 Å². The number of hydrogen-bond acceptors (Lipinski definition) is 5. The number of aromatic nitrogens is 2. The molecule has 1 saturated heterocycles. The molecule has 2 amide bonds. The van der Waals surface area contributed by atoms with Gasteiger partial charge in [0.25, 0.3) is 5.56 Å². The predicted octanol–water partition coefficient (Wildman–Crippen LogP) is -0.184. The van der Waals surface area contributed by atoms with Crippen LogP contribution in [-0.2, 0) is 34.5 Å². The third-order valence-corrected chi connectivity index (χ3v) is 5.09. The van der Waals surface area contributed by atoms with E-state index in [2.05, 4.69) is 4.98 Å². The molecule has 1 fully saturated rings. The van der Waals surface area contributed by atoms with Crippen molar-refractivity contribution in [2.45, 2.75) is 32.9 Å². The first-order valence-electron chi connectivity index (χ1n) is 8.53. The van der Waals surface area contributed by atoms with Crippen LogP contribution in [0.1, 0.15) is 29.9 Å².